The first-order valence-electron chi connectivity index (χ1n) is 4.14. The Bertz CT molecular complexity index is 425. The number of ether oxygens (including phenoxy) is 1. The molecular formula is C10H8ClNO3. The van der Waals surface area contributed by atoms with Gasteiger partial charge < -0.3 is 9.84 Å². The van der Waals surface area contributed by atoms with Crippen LogP contribution in [0.2, 0.25) is 5.02 Å². The topological polar surface area (TPSA) is 70.3 Å². The van der Waals surface area contributed by atoms with Gasteiger partial charge in [0.1, 0.15) is 11.6 Å². The maximum atomic E-state index is 10.8. The van der Waals surface area contributed by atoms with Crippen LogP contribution in [0.5, 0.6) is 5.75 Å². The number of carbonyl (C=O) groups is 1. The molecule has 0 spiro atoms. The normalized spacial score (nSPS) is 11.5. The number of nitrogens with zero attached hydrogens (tertiary/aromatic N) is 1. The Hall–Kier alpha value is -1.73. The van der Waals surface area contributed by atoms with Crippen LogP contribution in [0.25, 0.3) is 0 Å². The molecule has 0 bridgehead atoms. The average molecular weight is 226 g/mol. The van der Waals surface area contributed by atoms with E-state index in [9.17, 15) is 4.79 Å². The van der Waals surface area contributed by atoms with E-state index >= 15 is 0 Å². The van der Waals surface area contributed by atoms with Gasteiger partial charge in [-0.25, -0.2) is 4.79 Å². The summed E-state index contributed by atoms with van der Waals surface area (Å²) in [5, 5.41) is 17.6. The highest BCUT2D eigenvalue weighted by Crippen LogP contribution is 2.29. The lowest BCUT2D eigenvalue weighted by molar-refractivity contribution is 0.0691. The number of para-hydroxylation sites is 1. The first-order valence-corrected chi connectivity index (χ1v) is 4.52. The van der Waals surface area contributed by atoms with Crippen LogP contribution in [-0.2, 0) is 0 Å². The van der Waals surface area contributed by atoms with Crippen molar-refractivity contribution in [1.82, 2.24) is 0 Å². The highest BCUT2D eigenvalue weighted by atomic mass is 35.5. The van der Waals surface area contributed by atoms with Gasteiger partial charge in [0, 0.05) is 0 Å². The van der Waals surface area contributed by atoms with E-state index in [1.165, 1.54) is 25.1 Å². The van der Waals surface area contributed by atoms with Gasteiger partial charge in [-0.2, -0.15) is 5.26 Å². The lowest BCUT2D eigenvalue weighted by Gasteiger charge is -2.11. The van der Waals surface area contributed by atoms with E-state index in [0.717, 1.165) is 0 Å². The highest BCUT2D eigenvalue weighted by molar-refractivity contribution is 6.32. The Morgan fingerprint density at radius 1 is 1.67 bits per heavy atom. The number of hydrogen-bond acceptors (Lipinski definition) is 3. The van der Waals surface area contributed by atoms with Crippen molar-refractivity contribution in [2.24, 2.45) is 0 Å². The molecule has 0 aliphatic heterocycles. The van der Waals surface area contributed by atoms with Gasteiger partial charge in [-0.05, 0) is 19.1 Å². The van der Waals surface area contributed by atoms with Crippen LogP contribution in [0.3, 0.4) is 0 Å². The molecule has 78 valence electrons. The van der Waals surface area contributed by atoms with Gasteiger partial charge in [0.25, 0.3) is 0 Å². The van der Waals surface area contributed by atoms with Crippen molar-refractivity contribution in [1.29, 1.82) is 5.26 Å². The molecule has 1 N–H and O–H groups in total. The van der Waals surface area contributed by atoms with Crippen molar-refractivity contribution in [2.75, 3.05) is 0 Å². The van der Waals surface area contributed by atoms with Gasteiger partial charge in [-0.15, -0.1) is 0 Å². The molecule has 0 amide bonds. The Labute approximate surface area is 91.7 Å². The fourth-order valence-electron chi connectivity index (χ4n) is 1.00. The molecule has 15 heavy (non-hydrogen) atoms. The summed E-state index contributed by atoms with van der Waals surface area (Å²) in [4.78, 5) is 10.8. The minimum Gasteiger partial charge on any atom is -0.478 e. The average Bonchev–Trinajstić information content (AvgIpc) is 2.20. The highest BCUT2D eigenvalue weighted by Gasteiger charge is 2.16. The molecule has 0 aliphatic carbocycles. The monoisotopic (exact) mass is 225 g/mol. The van der Waals surface area contributed by atoms with Gasteiger partial charge in [0.05, 0.1) is 5.02 Å². The summed E-state index contributed by atoms with van der Waals surface area (Å²) in [6.45, 7) is 1.51. The molecule has 1 unspecified atom stereocenters. The number of carboxylic acid groups (broad SMARTS) is 1. The molecule has 1 rings (SSSR count). The largest absolute Gasteiger partial charge is 0.478 e. The number of carboxylic acids is 1. The van der Waals surface area contributed by atoms with Gasteiger partial charge >= 0.3 is 5.97 Å². The predicted octanol–water partition coefficient (Wildman–Crippen LogP) is 2.33. The predicted molar refractivity (Wildman–Crippen MR) is 54.1 cm³/mol. The summed E-state index contributed by atoms with van der Waals surface area (Å²) in [5.41, 5.74) is -0.0513. The summed E-state index contributed by atoms with van der Waals surface area (Å²) >= 11 is 5.78. The fourth-order valence-corrected chi connectivity index (χ4v) is 1.22. The number of halogens is 1. The zero-order valence-corrected chi connectivity index (χ0v) is 8.65. The molecule has 0 fully saturated rings. The van der Waals surface area contributed by atoms with Crippen LogP contribution in [0.4, 0.5) is 0 Å². The Balaban J connectivity index is 3.14. The van der Waals surface area contributed by atoms with Crippen LogP contribution < -0.4 is 4.74 Å². The quantitative estimate of drug-likeness (QED) is 0.857. The molecule has 4 nitrogen and oxygen atoms in total. The fraction of sp³-hybridized carbons (Fsp3) is 0.200. The standard InChI is InChI=1S/C10H8ClNO3/c1-6(5-12)15-9-7(10(13)14)3-2-4-8(9)11/h2-4,6H,1H3,(H,13,14). The number of rotatable bonds is 3. The van der Waals surface area contributed by atoms with Crippen LogP contribution >= 0.6 is 11.6 Å². The Morgan fingerprint density at radius 3 is 2.87 bits per heavy atom. The second-order valence-electron chi connectivity index (χ2n) is 2.81. The number of hydrogen-bond donors (Lipinski definition) is 1. The van der Waals surface area contributed by atoms with E-state index in [2.05, 4.69) is 0 Å². The molecule has 0 heterocycles. The van der Waals surface area contributed by atoms with Crippen molar-refractivity contribution in [3.63, 3.8) is 0 Å². The van der Waals surface area contributed by atoms with Gasteiger partial charge in [-0.3, -0.25) is 0 Å². The summed E-state index contributed by atoms with van der Waals surface area (Å²) in [6, 6.07) is 6.22. The van der Waals surface area contributed by atoms with Crippen molar-refractivity contribution in [3.8, 4) is 11.8 Å². The molecular weight excluding hydrogens is 218 g/mol. The minimum absolute atomic E-state index is 0.0284. The summed E-state index contributed by atoms with van der Waals surface area (Å²) in [7, 11) is 0. The first-order chi connectivity index (χ1) is 7.06. The van der Waals surface area contributed by atoms with Gasteiger partial charge in [0.15, 0.2) is 11.9 Å². The van der Waals surface area contributed by atoms with E-state index in [4.69, 9.17) is 26.7 Å². The summed E-state index contributed by atoms with van der Waals surface area (Å²) < 4.78 is 5.11. The maximum absolute atomic E-state index is 10.8. The Morgan fingerprint density at radius 2 is 2.33 bits per heavy atom. The molecule has 1 aromatic rings. The van der Waals surface area contributed by atoms with Crippen molar-refractivity contribution in [2.45, 2.75) is 13.0 Å². The van der Waals surface area contributed by atoms with E-state index in [0.29, 0.717) is 0 Å². The SMILES string of the molecule is CC(C#N)Oc1c(Cl)cccc1C(=O)O. The zero-order valence-electron chi connectivity index (χ0n) is 7.90. The van der Waals surface area contributed by atoms with E-state index < -0.39 is 12.1 Å². The zero-order chi connectivity index (χ0) is 11.4. The summed E-state index contributed by atoms with van der Waals surface area (Å²) in [6.07, 6.45) is -0.747. The molecule has 0 aliphatic rings. The molecule has 0 saturated carbocycles. The number of benzene rings is 1. The van der Waals surface area contributed by atoms with E-state index in [1.54, 1.807) is 0 Å². The van der Waals surface area contributed by atoms with Crippen LogP contribution in [0.15, 0.2) is 18.2 Å². The second kappa shape index (κ2) is 4.67. The summed E-state index contributed by atoms with van der Waals surface area (Å²) in [5.74, 6) is -1.11. The molecule has 0 radical (unpaired) electrons. The third-order valence-electron chi connectivity index (χ3n) is 1.67. The molecule has 1 atom stereocenters. The lowest BCUT2D eigenvalue weighted by Crippen LogP contribution is -2.12. The second-order valence-corrected chi connectivity index (χ2v) is 3.22. The third-order valence-corrected chi connectivity index (χ3v) is 1.97. The van der Waals surface area contributed by atoms with Crippen molar-refractivity contribution >= 4 is 17.6 Å². The molecule has 5 heteroatoms. The smallest absolute Gasteiger partial charge is 0.339 e. The molecule has 1 aromatic carbocycles. The lowest BCUT2D eigenvalue weighted by atomic mass is 10.2. The van der Waals surface area contributed by atoms with E-state index in [-0.39, 0.29) is 16.3 Å². The van der Waals surface area contributed by atoms with Crippen LogP contribution in [0, 0.1) is 11.3 Å². The Kier molecular flexibility index (Phi) is 3.53. The number of nitriles is 1. The van der Waals surface area contributed by atoms with Crippen molar-refractivity contribution < 1.29 is 14.6 Å². The van der Waals surface area contributed by atoms with Crippen molar-refractivity contribution in [3.05, 3.63) is 28.8 Å². The molecule has 0 saturated heterocycles. The van der Waals surface area contributed by atoms with Gasteiger partial charge in [-0.1, -0.05) is 17.7 Å². The van der Waals surface area contributed by atoms with Crippen LogP contribution in [-0.4, -0.2) is 17.2 Å². The van der Waals surface area contributed by atoms with Gasteiger partial charge in [0.2, 0.25) is 0 Å². The van der Waals surface area contributed by atoms with E-state index in [1.807, 2.05) is 6.07 Å². The maximum Gasteiger partial charge on any atom is 0.339 e. The minimum atomic E-state index is -1.14. The first kappa shape index (κ1) is 11.3. The van der Waals surface area contributed by atoms with Crippen LogP contribution in [0.1, 0.15) is 17.3 Å². The number of aromatic carboxylic acids is 1. The molecule has 0 aromatic heterocycles. The third kappa shape index (κ3) is 2.61.